The first-order chi connectivity index (χ1) is 13.9. The zero-order valence-corrected chi connectivity index (χ0v) is 17.6. The van der Waals surface area contributed by atoms with Crippen LogP contribution in [0.15, 0.2) is 52.6 Å². The van der Waals surface area contributed by atoms with Crippen molar-refractivity contribution < 1.29 is 23.9 Å². The van der Waals surface area contributed by atoms with Gasteiger partial charge in [0.1, 0.15) is 24.6 Å². The molecular formula is C20H16BrClN2O5. The van der Waals surface area contributed by atoms with Gasteiger partial charge in [0.15, 0.2) is 0 Å². The van der Waals surface area contributed by atoms with Gasteiger partial charge in [0.2, 0.25) is 0 Å². The number of rotatable bonds is 6. The lowest BCUT2D eigenvalue weighted by molar-refractivity contribution is -0.143. The molecule has 0 unspecified atom stereocenters. The van der Waals surface area contributed by atoms with Crippen molar-refractivity contribution >= 4 is 51.5 Å². The maximum Gasteiger partial charge on any atom is 0.329 e. The SMILES string of the molecule is COC(=O)CN1C(=O)N/C(=C/c2cc(Br)ccc2OCc2ccccc2Cl)C1=O. The summed E-state index contributed by atoms with van der Waals surface area (Å²) in [7, 11) is 1.18. The molecule has 0 spiro atoms. The van der Waals surface area contributed by atoms with E-state index in [2.05, 4.69) is 26.0 Å². The Bertz CT molecular complexity index is 1010. The van der Waals surface area contributed by atoms with Crippen LogP contribution in [0.25, 0.3) is 6.08 Å². The van der Waals surface area contributed by atoms with E-state index in [-0.39, 0.29) is 12.3 Å². The van der Waals surface area contributed by atoms with E-state index < -0.39 is 24.5 Å². The number of amides is 3. The monoisotopic (exact) mass is 478 g/mol. The smallest absolute Gasteiger partial charge is 0.329 e. The molecule has 0 aromatic heterocycles. The van der Waals surface area contributed by atoms with Crippen LogP contribution in [0.3, 0.4) is 0 Å². The van der Waals surface area contributed by atoms with E-state index in [1.165, 1.54) is 13.2 Å². The molecule has 9 heteroatoms. The van der Waals surface area contributed by atoms with Crippen LogP contribution in [-0.2, 0) is 20.9 Å². The number of carbonyl (C=O) groups is 3. The number of hydrogen-bond acceptors (Lipinski definition) is 5. The highest BCUT2D eigenvalue weighted by Gasteiger charge is 2.35. The number of ether oxygens (including phenoxy) is 2. The number of nitrogens with one attached hydrogen (secondary N) is 1. The maximum atomic E-state index is 12.5. The molecule has 29 heavy (non-hydrogen) atoms. The largest absolute Gasteiger partial charge is 0.488 e. The number of hydrogen-bond donors (Lipinski definition) is 1. The van der Waals surface area contributed by atoms with E-state index >= 15 is 0 Å². The third kappa shape index (κ3) is 4.96. The second kappa shape index (κ2) is 9.11. The number of esters is 1. The Morgan fingerprint density at radius 3 is 2.72 bits per heavy atom. The van der Waals surface area contributed by atoms with Crippen molar-refractivity contribution in [1.82, 2.24) is 10.2 Å². The normalized spacial score (nSPS) is 14.9. The molecule has 0 saturated carbocycles. The second-order valence-electron chi connectivity index (χ2n) is 6.02. The fraction of sp³-hybridized carbons (Fsp3) is 0.150. The summed E-state index contributed by atoms with van der Waals surface area (Å²) in [5.41, 5.74) is 1.40. The third-order valence-corrected chi connectivity index (χ3v) is 4.95. The number of carbonyl (C=O) groups excluding carboxylic acids is 3. The van der Waals surface area contributed by atoms with Gasteiger partial charge in [-0.15, -0.1) is 0 Å². The fourth-order valence-electron chi connectivity index (χ4n) is 2.60. The number of methoxy groups -OCH3 is 1. The number of benzene rings is 2. The minimum absolute atomic E-state index is 0.0274. The summed E-state index contributed by atoms with van der Waals surface area (Å²) >= 11 is 9.55. The molecule has 0 radical (unpaired) electrons. The molecule has 1 heterocycles. The Morgan fingerprint density at radius 2 is 2.00 bits per heavy atom. The molecule has 1 fully saturated rings. The van der Waals surface area contributed by atoms with Gasteiger partial charge in [-0.2, -0.15) is 0 Å². The molecule has 1 aliphatic heterocycles. The van der Waals surface area contributed by atoms with E-state index in [1.807, 2.05) is 18.2 Å². The summed E-state index contributed by atoms with van der Waals surface area (Å²) in [6.07, 6.45) is 1.49. The molecule has 1 aliphatic rings. The summed E-state index contributed by atoms with van der Waals surface area (Å²) in [5.74, 6) is -0.826. The molecule has 2 aromatic carbocycles. The molecule has 3 rings (SSSR count). The fourth-order valence-corrected chi connectivity index (χ4v) is 3.17. The minimum Gasteiger partial charge on any atom is -0.488 e. The standard InChI is InChI=1S/C20H16BrClN2O5/c1-28-18(25)10-24-19(26)16(23-20(24)27)9-13-8-14(21)6-7-17(13)29-11-12-4-2-3-5-15(12)22/h2-9H,10-11H2,1H3,(H,23,27)/b16-9+. The molecule has 7 nitrogen and oxygen atoms in total. The van der Waals surface area contributed by atoms with Crippen LogP contribution >= 0.6 is 27.5 Å². The van der Waals surface area contributed by atoms with Crippen LogP contribution in [0, 0.1) is 0 Å². The lowest BCUT2D eigenvalue weighted by Gasteiger charge is -2.11. The molecule has 150 valence electrons. The molecule has 3 amide bonds. The van der Waals surface area contributed by atoms with Crippen LogP contribution in [0.5, 0.6) is 5.75 Å². The van der Waals surface area contributed by atoms with Crippen molar-refractivity contribution in [2.24, 2.45) is 0 Å². The second-order valence-corrected chi connectivity index (χ2v) is 7.34. The summed E-state index contributed by atoms with van der Waals surface area (Å²) in [4.78, 5) is 36.7. The number of nitrogens with zero attached hydrogens (tertiary/aromatic N) is 1. The van der Waals surface area contributed by atoms with E-state index in [9.17, 15) is 14.4 Å². The van der Waals surface area contributed by atoms with Gasteiger partial charge in [-0.1, -0.05) is 45.7 Å². The highest BCUT2D eigenvalue weighted by Crippen LogP contribution is 2.28. The summed E-state index contributed by atoms with van der Waals surface area (Å²) in [5, 5.41) is 3.04. The number of urea groups is 1. The van der Waals surface area contributed by atoms with Crippen molar-refractivity contribution in [3.05, 3.63) is 68.8 Å². The Hall–Kier alpha value is -2.84. The van der Waals surface area contributed by atoms with Gasteiger partial charge >= 0.3 is 12.0 Å². The maximum absolute atomic E-state index is 12.5. The van der Waals surface area contributed by atoms with Crippen LogP contribution in [0.4, 0.5) is 4.79 Å². The Labute approximate surface area is 180 Å². The van der Waals surface area contributed by atoms with Crippen LogP contribution in [-0.4, -0.2) is 36.5 Å². The van der Waals surface area contributed by atoms with Crippen LogP contribution < -0.4 is 10.1 Å². The first kappa shape index (κ1) is 20.9. The van der Waals surface area contributed by atoms with E-state index in [4.69, 9.17) is 16.3 Å². The van der Waals surface area contributed by atoms with Gasteiger partial charge in [0, 0.05) is 20.6 Å². The Morgan fingerprint density at radius 1 is 1.24 bits per heavy atom. The van der Waals surface area contributed by atoms with Crippen molar-refractivity contribution in [2.75, 3.05) is 13.7 Å². The van der Waals surface area contributed by atoms with E-state index in [0.29, 0.717) is 16.3 Å². The van der Waals surface area contributed by atoms with Crippen molar-refractivity contribution in [1.29, 1.82) is 0 Å². The number of imide groups is 1. The third-order valence-electron chi connectivity index (χ3n) is 4.09. The average molecular weight is 480 g/mol. The summed E-state index contributed by atoms with van der Waals surface area (Å²) in [6, 6.07) is 11.9. The number of halogens is 2. The van der Waals surface area contributed by atoms with E-state index in [0.717, 1.165) is 14.9 Å². The lowest BCUT2D eigenvalue weighted by Crippen LogP contribution is -2.36. The molecule has 1 saturated heterocycles. The highest BCUT2D eigenvalue weighted by molar-refractivity contribution is 9.10. The molecular weight excluding hydrogens is 464 g/mol. The van der Waals surface area contributed by atoms with Gasteiger partial charge in [0.05, 0.1) is 7.11 Å². The van der Waals surface area contributed by atoms with Gasteiger partial charge in [-0.05, 0) is 30.3 Å². The minimum atomic E-state index is -0.694. The van der Waals surface area contributed by atoms with Crippen molar-refractivity contribution in [3.8, 4) is 5.75 Å². The molecule has 2 aromatic rings. The summed E-state index contributed by atoms with van der Waals surface area (Å²) in [6.45, 7) is -0.237. The van der Waals surface area contributed by atoms with Gasteiger partial charge in [0.25, 0.3) is 5.91 Å². The van der Waals surface area contributed by atoms with Gasteiger partial charge in [-0.3, -0.25) is 9.59 Å². The Kier molecular flexibility index (Phi) is 6.56. The topological polar surface area (TPSA) is 84.9 Å². The zero-order valence-electron chi connectivity index (χ0n) is 15.3. The van der Waals surface area contributed by atoms with Gasteiger partial charge in [-0.25, -0.2) is 9.69 Å². The highest BCUT2D eigenvalue weighted by atomic mass is 79.9. The predicted octanol–water partition coefficient (Wildman–Crippen LogP) is 3.75. The Balaban J connectivity index is 1.84. The molecule has 0 atom stereocenters. The first-order valence-corrected chi connectivity index (χ1v) is 9.63. The quantitative estimate of drug-likeness (QED) is 0.387. The van der Waals surface area contributed by atoms with Crippen molar-refractivity contribution in [2.45, 2.75) is 6.61 Å². The van der Waals surface area contributed by atoms with Gasteiger partial charge < -0.3 is 14.8 Å². The summed E-state index contributed by atoms with van der Waals surface area (Å²) < 4.78 is 11.2. The average Bonchev–Trinajstić information content (AvgIpc) is 2.95. The van der Waals surface area contributed by atoms with Crippen molar-refractivity contribution in [3.63, 3.8) is 0 Å². The molecule has 0 bridgehead atoms. The molecule has 0 aliphatic carbocycles. The van der Waals surface area contributed by atoms with Crippen LogP contribution in [0.1, 0.15) is 11.1 Å². The van der Waals surface area contributed by atoms with Crippen LogP contribution in [0.2, 0.25) is 5.02 Å². The van der Waals surface area contributed by atoms with E-state index in [1.54, 1.807) is 24.3 Å². The lowest BCUT2D eigenvalue weighted by atomic mass is 10.1. The first-order valence-electron chi connectivity index (χ1n) is 8.46. The molecule has 1 N–H and O–H groups in total. The zero-order chi connectivity index (χ0) is 21.0. The predicted molar refractivity (Wildman–Crippen MR) is 110 cm³/mol.